The van der Waals surface area contributed by atoms with Crippen LogP contribution in [-0.4, -0.2) is 34.4 Å². The molecule has 172 valence electrons. The Balaban J connectivity index is 2.05. The second kappa shape index (κ2) is 8.17. The minimum Gasteiger partial charge on any atom is -0.373 e. The monoisotopic (exact) mass is 487 g/mol. The number of alkyl halides is 3. The van der Waals surface area contributed by atoms with Crippen molar-refractivity contribution >= 4 is 19.7 Å². The van der Waals surface area contributed by atoms with Gasteiger partial charge in [-0.2, -0.15) is 18.4 Å². The van der Waals surface area contributed by atoms with Gasteiger partial charge in [0.1, 0.15) is 0 Å². The van der Waals surface area contributed by atoms with Gasteiger partial charge in [0.15, 0.2) is 19.7 Å². The summed E-state index contributed by atoms with van der Waals surface area (Å²) in [6.07, 6.45) is -4.81. The molecular formula is C21H20F3NO5S2. The van der Waals surface area contributed by atoms with E-state index in [1.165, 1.54) is 25.1 Å². The van der Waals surface area contributed by atoms with Crippen molar-refractivity contribution in [2.75, 3.05) is 12.9 Å². The molecular weight excluding hydrogens is 467 g/mol. The molecule has 2 aromatic carbocycles. The molecule has 1 saturated heterocycles. The fraction of sp³-hybridized carbons (Fsp3) is 0.381. The molecule has 32 heavy (non-hydrogen) atoms. The van der Waals surface area contributed by atoms with E-state index in [9.17, 15) is 30.0 Å². The summed E-state index contributed by atoms with van der Waals surface area (Å²) in [6.45, 7) is 1.38. The van der Waals surface area contributed by atoms with Crippen LogP contribution in [0.1, 0.15) is 42.6 Å². The molecule has 6 nitrogen and oxygen atoms in total. The van der Waals surface area contributed by atoms with Crippen molar-refractivity contribution in [2.45, 2.75) is 46.6 Å². The summed E-state index contributed by atoms with van der Waals surface area (Å²) in [5.74, 6) is 0. The molecule has 2 atom stereocenters. The highest BCUT2D eigenvalue weighted by molar-refractivity contribution is 7.92. The normalized spacial score (nSPS) is 22.3. The lowest BCUT2D eigenvalue weighted by Gasteiger charge is -2.38. The van der Waals surface area contributed by atoms with Crippen LogP contribution in [0.4, 0.5) is 13.2 Å². The molecule has 1 fully saturated rings. The molecule has 0 bridgehead atoms. The highest BCUT2D eigenvalue weighted by atomic mass is 32.2. The van der Waals surface area contributed by atoms with E-state index in [-0.39, 0.29) is 35.5 Å². The predicted molar refractivity (Wildman–Crippen MR) is 109 cm³/mol. The van der Waals surface area contributed by atoms with Gasteiger partial charge in [-0.25, -0.2) is 16.8 Å². The molecule has 0 aromatic heterocycles. The van der Waals surface area contributed by atoms with Gasteiger partial charge in [-0.05, 0) is 55.7 Å². The number of halogens is 3. The Morgan fingerprint density at radius 3 is 2.41 bits per heavy atom. The van der Waals surface area contributed by atoms with E-state index in [1.807, 2.05) is 6.07 Å². The molecule has 1 aliphatic rings. The van der Waals surface area contributed by atoms with Crippen molar-refractivity contribution in [3.8, 4) is 6.07 Å². The Bertz CT molecular complexity index is 1300. The topological polar surface area (TPSA) is 101 Å². The molecule has 0 spiro atoms. The largest absolute Gasteiger partial charge is 0.416 e. The number of ether oxygens (including phenoxy) is 1. The highest BCUT2D eigenvalue weighted by Gasteiger charge is 2.46. The van der Waals surface area contributed by atoms with E-state index in [0.717, 1.165) is 24.5 Å². The van der Waals surface area contributed by atoms with E-state index in [4.69, 9.17) is 10.00 Å². The number of sulfone groups is 2. The second-order valence-corrected chi connectivity index (χ2v) is 12.4. The third-order valence-electron chi connectivity index (χ3n) is 5.58. The highest BCUT2D eigenvalue weighted by Crippen LogP contribution is 2.44. The van der Waals surface area contributed by atoms with Crippen molar-refractivity contribution < 1.29 is 34.7 Å². The first-order chi connectivity index (χ1) is 14.7. The Hall–Kier alpha value is -2.42. The average molecular weight is 488 g/mol. The second-order valence-electron chi connectivity index (χ2n) is 7.93. The molecule has 0 N–H and O–H groups in total. The lowest BCUT2D eigenvalue weighted by atomic mass is 9.92. The van der Waals surface area contributed by atoms with Crippen LogP contribution in [0.25, 0.3) is 0 Å². The van der Waals surface area contributed by atoms with E-state index < -0.39 is 47.2 Å². The van der Waals surface area contributed by atoms with Crippen LogP contribution in [-0.2, 0) is 30.6 Å². The Labute approximate surface area is 184 Å². The maximum atomic E-state index is 13.4. The number of rotatable bonds is 4. The summed E-state index contributed by atoms with van der Waals surface area (Å²) in [5.41, 5.74) is -0.752. The van der Waals surface area contributed by atoms with Gasteiger partial charge in [-0.3, -0.25) is 0 Å². The van der Waals surface area contributed by atoms with Gasteiger partial charge in [0, 0.05) is 12.9 Å². The maximum absolute atomic E-state index is 13.4. The molecule has 1 heterocycles. The van der Waals surface area contributed by atoms with Gasteiger partial charge in [-0.1, -0.05) is 12.1 Å². The summed E-state index contributed by atoms with van der Waals surface area (Å²) in [7, 11) is -8.00. The molecule has 2 unspecified atom stereocenters. The molecule has 11 heteroatoms. The van der Waals surface area contributed by atoms with Crippen LogP contribution in [0.2, 0.25) is 0 Å². The van der Waals surface area contributed by atoms with Gasteiger partial charge in [-0.15, -0.1) is 0 Å². The molecule has 3 rings (SSSR count). The number of hydrogen-bond donors (Lipinski definition) is 0. The van der Waals surface area contributed by atoms with Crippen molar-refractivity contribution in [1.82, 2.24) is 0 Å². The van der Waals surface area contributed by atoms with Gasteiger partial charge >= 0.3 is 6.18 Å². The van der Waals surface area contributed by atoms with Crippen molar-refractivity contribution in [3.63, 3.8) is 0 Å². The Kier molecular flexibility index (Phi) is 6.19. The fourth-order valence-corrected chi connectivity index (χ4v) is 6.53. The fourth-order valence-electron chi connectivity index (χ4n) is 3.73. The van der Waals surface area contributed by atoms with Gasteiger partial charge < -0.3 is 4.74 Å². The number of benzene rings is 2. The number of nitrogens with zero attached hydrogens (tertiary/aromatic N) is 1. The molecule has 0 saturated carbocycles. The predicted octanol–water partition coefficient (Wildman–Crippen LogP) is 4.06. The van der Waals surface area contributed by atoms with Crippen LogP contribution in [0.3, 0.4) is 0 Å². The lowest BCUT2D eigenvalue weighted by molar-refractivity contribution is -0.137. The molecule has 0 aliphatic carbocycles. The molecule has 2 aromatic rings. The minimum atomic E-state index is -4.70. The first kappa shape index (κ1) is 24.2. The molecule has 0 amide bonds. The summed E-state index contributed by atoms with van der Waals surface area (Å²) < 4.78 is 94.8. The van der Waals surface area contributed by atoms with E-state index >= 15 is 0 Å². The summed E-state index contributed by atoms with van der Waals surface area (Å²) >= 11 is 0. The standard InChI is InChI=1S/C21H20F3NO5S2/c1-20(32(28,29)16-5-3-4-15(11-16)21(22,23)24)8-9-30-18(12-20)17-7-6-14(13-25)10-19(17)31(2,26)27/h3-7,10-11,18H,8-9,12H2,1-2H3. The van der Waals surface area contributed by atoms with Crippen LogP contribution in [0, 0.1) is 11.3 Å². The van der Waals surface area contributed by atoms with Crippen LogP contribution >= 0.6 is 0 Å². The Morgan fingerprint density at radius 2 is 1.81 bits per heavy atom. The number of nitriles is 1. The van der Waals surface area contributed by atoms with Crippen LogP contribution in [0.5, 0.6) is 0 Å². The van der Waals surface area contributed by atoms with Gasteiger partial charge in [0.2, 0.25) is 0 Å². The Morgan fingerprint density at radius 1 is 1.12 bits per heavy atom. The summed E-state index contributed by atoms with van der Waals surface area (Å²) in [6, 6.07) is 9.42. The first-order valence-electron chi connectivity index (χ1n) is 9.47. The molecule has 0 radical (unpaired) electrons. The zero-order valence-corrected chi connectivity index (χ0v) is 18.8. The zero-order valence-electron chi connectivity index (χ0n) is 17.2. The van der Waals surface area contributed by atoms with Crippen molar-refractivity contribution in [2.24, 2.45) is 0 Å². The van der Waals surface area contributed by atoms with Crippen molar-refractivity contribution in [1.29, 1.82) is 5.26 Å². The van der Waals surface area contributed by atoms with Gasteiger partial charge in [0.05, 0.1) is 37.8 Å². The smallest absolute Gasteiger partial charge is 0.373 e. The maximum Gasteiger partial charge on any atom is 0.416 e. The SMILES string of the molecule is CC1(S(=O)(=O)c2cccc(C(F)(F)F)c2)CCOC(c2ccc(C#N)cc2S(C)(=O)=O)C1. The minimum absolute atomic E-state index is 0.0204. The molecule has 1 aliphatic heterocycles. The third kappa shape index (κ3) is 4.53. The summed E-state index contributed by atoms with van der Waals surface area (Å²) in [4.78, 5) is -0.610. The zero-order chi connectivity index (χ0) is 23.9. The van der Waals surface area contributed by atoms with E-state index in [2.05, 4.69) is 0 Å². The van der Waals surface area contributed by atoms with Crippen LogP contribution < -0.4 is 0 Å². The quantitative estimate of drug-likeness (QED) is 0.645. The third-order valence-corrected chi connectivity index (χ3v) is 9.27. The average Bonchev–Trinajstić information content (AvgIpc) is 2.72. The van der Waals surface area contributed by atoms with Crippen LogP contribution in [0.15, 0.2) is 52.3 Å². The first-order valence-corrected chi connectivity index (χ1v) is 12.8. The lowest BCUT2D eigenvalue weighted by Crippen LogP contribution is -2.42. The summed E-state index contributed by atoms with van der Waals surface area (Å²) in [5, 5.41) is 9.09. The van der Waals surface area contributed by atoms with Crippen molar-refractivity contribution in [3.05, 3.63) is 59.2 Å². The van der Waals surface area contributed by atoms with Gasteiger partial charge in [0.25, 0.3) is 0 Å². The van der Waals surface area contributed by atoms with E-state index in [1.54, 1.807) is 0 Å². The van der Waals surface area contributed by atoms with E-state index in [0.29, 0.717) is 6.07 Å². The number of hydrogen-bond acceptors (Lipinski definition) is 6.